The minimum atomic E-state index is -1.07. The summed E-state index contributed by atoms with van der Waals surface area (Å²) in [6, 6.07) is 3.26. The van der Waals surface area contributed by atoms with Gasteiger partial charge in [0.25, 0.3) is 5.91 Å². The summed E-state index contributed by atoms with van der Waals surface area (Å²) in [5.41, 5.74) is 0.398. The van der Waals surface area contributed by atoms with Gasteiger partial charge in [-0.2, -0.15) is 0 Å². The molecular weight excluding hydrogens is 288 g/mol. The van der Waals surface area contributed by atoms with Crippen LogP contribution in [0.3, 0.4) is 0 Å². The molecule has 1 aromatic rings. The second-order valence-corrected chi connectivity index (χ2v) is 5.54. The number of nitrogens with zero attached hydrogens (tertiary/aromatic N) is 2. The highest BCUT2D eigenvalue weighted by Crippen LogP contribution is 2.16. The van der Waals surface area contributed by atoms with E-state index in [1.165, 1.54) is 11.1 Å². The van der Waals surface area contributed by atoms with Crippen LogP contribution in [0.5, 0.6) is 5.88 Å². The van der Waals surface area contributed by atoms with E-state index < -0.39 is 12.1 Å². The number of hydrogen-bond acceptors (Lipinski definition) is 5. The van der Waals surface area contributed by atoms with Gasteiger partial charge in [0.1, 0.15) is 0 Å². The standard InChI is InChI=1S/C15H20N2O5/c1-9(2)21-13-5-4-11(6-16-13)14(18)17-7-10(3)22-12(8-17)15(19)20/h4-6,9-10,12H,7-8H2,1-3H3,(H,19,20)/t10-,12?/m1/s1. The first-order chi connectivity index (χ1) is 10.4. The van der Waals surface area contributed by atoms with Gasteiger partial charge in [0.2, 0.25) is 5.88 Å². The fourth-order valence-electron chi connectivity index (χ4n) is 2.25. The summed E-state index contributed by atoms with van der Waals surface area (Å²) in [6.07, 6.45) is 0.126. The van der Waals surface area contributed by atoms with Crippen molar-refractivity contribution in [3.63, 3.8) is 0 Å². The highest BCUT2D eigenvalue weighted by atomic mass is 16.5. The Kier molecular flexibility index (Phi) is 4.97. The summed E-state index contributed by atoms with van der Waals surface area (Å²) in [5.74, 6) is -0.876. The molecule has 0 spiro atoms. The van der Waals surface area contributed by atoms with Gasteiger partial charge < -0.3 is 19.5 Å². The monoisotopic (exact) mass is 308 g/mol. The van der Waals surface area contributed by atoms with Gasteiger partial charge in [-0.25, -0.2) is 9.78 Å². The Hall–Kier alpha value is -2.15. The van der Waals surface area contributed by atoms with Crippen LogP contribution in [0, 0.1) is 0 Å². The van der Waals surface area contributed by atoms with Gasteiger partial charge in [0.05, 0.1) is 24.3 Å². The number of carboxylic acid groups (broad SMARTS) is 1. The van der Waals surface area contributed by atoms with Crippen molar-refractivity contribution in [2.24, 2.45) is 0 Å². The zero-order valence-electron chi connectivity index (χ0n) is 12.9. The smallest absolute Gasteiger partial charge is 0.334 e. The molecule has 1 fully saturated rings. The summed E-state index contributed by atoms with van der Waals surface area (Å²) in [6.45, 7) is 5.91. The summed E-state index contributed by atoms with van der Waals surface area (Å²) in [7, 11) is 0. The zero-order valence-corrected chi connectivity index (χ0v) is 12.9. The maximum Gasteiger partial charge on any atom is 0.334 e. The molecule has 120 valence electrons. The Balaban J connectivity index is 2.08. The van der Waals surface area contributed by atoms with Crippen molar-refractivity contribution in [1.29, 1.82) is 0 Å². The van der Waals surface area contributed by atoms with Crippen LogP contribution in [0.4, 0.5) is 0 Å². The third-order valence-corrected chi connectivity index (χ3v) is 3.16. The second-order valence-electron chi connectivity index (χ2n) is 5.54. The minimum Gasteiger partial charge on any atom is -0.479 e. The highest BCUT2D eigenvalue weighted by molar-refractivity contribution is 5.94. The largest absolute Gasteiger partial charge is 0.479 e. The van der Waals surface area contributed by atoms with Crippen LogP contribution in [-0.4, -0.2) is 58.3 Å². The van der Waals surface area contributed by atoms with E-state index in [0.717, 1.165) is 0 Å². The number of hydrogen-bond donors (Lipinski definition) is 1. The van der Waals surface area contributed by atoms with Gasteiger partial charge in [0, 0.05) is 18.8 Å². The van der Waals surface area contributed by atoms with Crippen molar-refractivity contribution < 1.29 is 24.2 Å². The van der Waals surface area contributed by atoms with E-state index >= 15 is 0 Å². The molecule has 2 atom stereocenters. The summed E-state index contributed by atoms with van der Waals surface area (Å²) in [5, 5.41) is 9.05. The van der Waals surface area contributed by atoms with Crippen LogP contribution in [0.1, 0.15) is 31.1 Å². The molecule has 1 saturated heterocycles. The first-order valence-corrected chi connectivity index (χ1v) is 7.17. The number of carbonyl (C=O) groups is 2. The molecule has 1 aliphatic heterocycles. The van der Waals surface area contributed by atoms with Gasteiger partial charge in [-0.05, 0) is 26.8 Å². The minimum absolute atomic E-state index is 0.00506. The molecule has 0 aliphatic carbocycles. The van der Waals surface area contributed by atoms with E-state index in [9.17, 15) is 9.59 Å². The fourth-order valence-corrected chi connectivity index (χ4v) is 2.25. The molecule has 1 aliphatic rings. The summed E-state index contributed by atoms with van der Waals surface area (Å²) >= 11 is 0. The number of ether oxygens (including phenoxy) is 2. The van der Waals surface area contributed by atoms with Crippen LogP contribution >= 0.6 is 0 Å². The topological polar surface area (TPSA) is 89.0 Å². The molecule has 7 heteroatoms. The lowest BCUT2D eigenvalue weighted by Gasteiger charge is -2.34. The SMILES string of the molecule is CC(C)Oc1ccc(C(=O)N2CC(C(=O)O)O[C@H](C)C2)cn1. The van der Waals surface area contributed by atoms with Gasteiger partial charge >= 0.3 is 5.97 Å². The third-order valence-electron chi connectivity index (χ3n) is 3.16. The van der Waals surface area contributed by atoms with Gasteiger partial charge in [-0.15, -0.1) is 0 Å². The first-order valence-electron chi connectivity index (χ1n) is 7.17. The van der Waals surface area contributed by atoms with Crippen LogP contribution in [0.15, 0.2) is 18.3 Å². The molecule has 7 nitrogen and oxygen atoms in total. The van der Waals surface area contributed by atoms with Crippen LogP contribution in [0.25, 0.3) is 0 Å². The Bertz CT molecular complexity index is 543. The molecule has 0 aromatic carbocycles. The van der Waals surface area contributed by atoms with Gasteiger partial charge in [0.15, 0.2) is 6.10 Å². The second kappa shape index (κ2) is 6.74. The molecule has 2 heterocycles. The predicted octanol–water partition coefficient (Wildman–Crippen LogP) is 1.18. The Morgan fingerprint density at radius 1 is 1.41 bits per heavy atom. The number of amides is 1. The number of pyridine rings is 1. The van der Waals surface area contributed by atoms with Crippen molar-refractivity contribution >= 4 is 11.9 Å². The lowest BCUT2D eigenvalue weighted by molar-refractivity contribution is -0.160. The van der Waals surface area contributed by atoms with Crippen LogP contribution in [0.2, 0.25) is 0 Å². The molecule has 0 saturated carbocycles. The van der Waals surface area contributed by atoms with Crippen molar-refractivity contribution in [2.75, 3.05) is 13.1 Å². The quantitative estimate of drug-likeness (QED) is 0.898. The predicted molar refractivity (Wildman–Crippen MR) is 77.9 cm³/mol. The molecule has 0 bridgehead atoms. The maximum absolute atomic E-state index is 12.4. The van der Waals surface area contributed by atoms with Crippen LogP contribution < -0.4 is 4.74 Å². The third kappa shape index (κ3) is 3.94. The van der Waals surface area contributed by atoms with Crippen molar-refractivity contribution in [2.45, 2.75) is 39.1 Å². The molecule has 1 amide bonds. The van der Waals surface area contributed by atoms with Gasteiger partial charge in [-0.1, -0.05) is 0 Å². The number of morpholine rings is 1. The van der Waals surface area contributed by atoms with E-state index in [1.54, 1.807) is 19.1 Å². The molecule has 1 N–H and O–H groups in total. The molecule has 22 heavy (non-hydrogen) atoms. The Labute approximate surface area is 128 Å². The van der Waals surface area contributed by atoms with E-state index in [2.05, 4.69) is 4.98 Å². The van der Waals surface area contributed by atoms with E-state index in [-0.39, 0.29) is 24.7 Å². The molecule has 1 aromatic heterocycles. The Morgan fingerprint density at radius 2 is 2.14 bits per heavy atom. The van der Waals surface area contributed by atoms with Crippen molar-refractivity contribution in [1.82, 2.24) is 9.88 Å². The van der Waals surface area contributed by atoms with Crippen LogP contribution in [-0.2, 0) is 9.53 Å². The van der Waals surface area contributed by atoms with E-state index in [4.69, 9.17) is 14.6 Å². The lowest BCUT2D eigenvalue weighted by atomic mass is 10.1. The summed E-state index contributed by atoms with van der Waals surface area (Å²) in [4.78, 5) is 29.1. The average molecular weight is 308 g/mol. The average Bonchev–Trinajstić information content (AvgIpc) is 2.46. The molecule has 1 unspecified atom stereocenters. The van der Waals surface area contributed by atoms with Crippen molar-refractivity contribution in [3.8, 4) is 5.88 Å². The number of aliphatic carboxylic acids is 1. The highest BCUT2D eigenvalue weighted by Gasteiger charge is 2.33. The van der Waals surface area contributed by atoms with E-state index in [1.807, 2.05) is 13.8 Å². The first kappa shape index (κ1) is 16.2. The molecule has 0 radical (unpaired) electrons. The Morgan fingerprint density at radius 3 is 2.68 bits per heavy atom. The number of carboxylic acids is 1. The molecular formula is C15H20N2O5. The van der Waals surface area contributed by atoms with E-state index in [0.29, 0.717) is 18.0 Å². The normalized spacial score (nSPS) is 21.7. The number of aromatic nitrogens is 1. The summed E-state index contributed by atoms with van der Waals surface area (Å²) < 4.78 is 10.7. The van der Waals surface area contributed by atoms with Gasteiger partial charge in [-0.3, -0.25) is 4.79 Å². The zero-order chi connectivity index (χ0) is 16.3. The number of carbonyl (C=O) groups excluding carboxylic acids is 1. The van der Waals surface area contributed by atoms with Crippen molar-refractivity contribution in [3.05, 3.63) is 23.9 Å². The number of rotatable bonds is 4. The maximum atomic E-state index is 12.4. The fraction of sp³-hybridized carbons (Fsp3) is 0.533. The lowest BCUT2D eigenvalue weighted by Crippen LogP contribution is -2.51. The molecule has 2 rings (SSSR count).